The number of nitrogens with zero attached hydrogens (tertiary/aromatic N) is 1. The van der Waals surface area contributed by atoms with Crippen LogP contribution in [0.2, 0.25) is 5.02 Å². The third-order valence-corrected chi connectivity index (χ3v) is 7.39. The molecule has 3 aromatic rings. The summed E-state index contributed by atoms with van der Waals surface area (Å²) in [7, 11) is 0. The fourth-order valence-electron chi connectivity index (χ4n) is 3.11. The minimum Gasteiger partial charge on any atom is -0.456 e. The van der Waals surface area contributed by atoms with Crippen molar-refractivity contribution in [3.63, 3.8) is 0 Å². The van der Waals surface area contributed by atoms with Crippen LogP contribution in [0.5, 0.6) is 11.5 Å². The van der Waals surface area contributed by atoms with E-state index in [1.807, 2.05) is 71.0 Å². The number of ether oxygens (including phenoxy) is 1. The zero-order valence-electron chi connectivity index (χ0n) is 20.9. The molecule has 7 nitrogen and oxygen atoms in total. The van der Waals surface area contributed by atoms with Crippen LogP contribution in [-0.2, 0) is 10.3 Å². The van der Waals surface area contributed by atoms with Gasteiger partial charge in [0.15, 0.2) is 0 Å². The van der Waals surface area contributed by atoms with E-state index in [1.54, 1.807) is 24.3 Å². The molecule has 0 fully saturated rings. The van der Waals surface area contributed by atoms with Gasteiger partial charge in [-0.1, -0.05) is 96.8 Å². The predicted molar refractivity (Wildman–Crippen MR) is 149 cm³/mol. The van der Waals surface area contributed by atoms with Crippen molar-refractivity contribution in [2.45, 2.75) is 45.0 Å². The second kappa shape index (κ2) is 12.2. The Labute approximate surface area is 225 Å². The van der Waals surface area contributed by atoms with Gasteiger partial charge in [0.1, 0.15) is 22.2 Å². The summed E-state index contributed by atoms with van der Waals surface area (Å²) in [5.41, 5.74) is 5.88. The van der Waals surface area contributed by atoms with Crippen molar-refractivity contribution in [3.8, 4) is 11.5 Å². The first-order valence-corrected chi connectivity index (χ1v) is 12.5. The first-order valence-electron chi connectivity index (χ1n) is 11.2. The lowest BCUT2D eigenvalue weighted by Crippen LogP contribution is -2.47. The number of amides is 1. The smallest absolute Gasteiger partial charge is 0.293 e. The minimum absolute atomic E-state index is 0.0244. The Balaban J connectivity index is 0.000000254. The zero-order valence-corrected chi connectivity index (χ0v) is 23.3. The van der Waals surface area contributed by atoms with Crippen LogP contribution in [0.3, 0.4) is 0 Å². The van der Waals surface area contributed by atoms with E-state index in [2.05, 4.69) is 21.2 Å². The summed E-state index contributed by atoms with van der Waals surface area (Å²) >= 11 is 9.41. The molecule has 0 bridgehead atoms. The van der Waals surface area contributed by atoms with E-state index in [0.29, 0.717) is 5.75 Å². The van der Waals surface area contributed by atoms with E-state index < -0.39 is 4.92 Å². The zero-order chi connectivity index (χ0) is 27.1. The van der Waals surface area contributed by atoms with Crippen LogP contribution in [0.25, 0.3) is 0 Å². The molecule has 3 aromatic carbocycles. The summed E-state index contributed by atoms with van der Waals surface area (Å²) < 4.78 is 5.49. The van der Waals surface area contributed by atoms with Gasteiger partial charge in [-0.2, -0.15) is 0 Å². The Hall–Kier alpha value is -3.10. The molecule has 9 heteroatoms. The minimum atomic E-state index is -0.590. The molecule has 0 saturated heterocycles. The Morgan fingerprint density at radius 3 is 2.03 bits per heavy atom. The molecule has 0 radical (unpaired) electrons. The van der Waals surface area contributed by atoms with E-state index in [1.165, 1.54) is 12.1 Å². The van der Waals surface area contributed by atoms with Gasteiger partial charge in [0.05, 0.1) is 15.3 Å². The molecule has 1 amide bonds. The molecule has 0 aliphatic carbocycles. The SMILES string of the molecule is CC(C)(NC(=O)C(Br)C(C)(C)C)c1ccccc1.Nc1c([N+](=O)[O-])ccc(Oc2ccccc2)c1Cl. The molecule has 0 aliphatic heterocycles. The van der Waals surface area contributed by atoms with Gasteiger partial charge in [-0.15, -0.1) is 0 Å². The quantitative estimate of drug-likeness (QED) is 0.137. The molecular formula is C27H31BrClN3O4. The normalized spacial score (nSPS) is 12.1. The summed E-state index contributed by atoms with van der Waals surface area (Å²) in [5.74, 6) is 0.884. The number of hydrogen-bond acceptors (Lipinski definition) is 5. The van der Waals surface area contributed by atoms with Gasteiger partial charge in [0.2, 0.25) is 5.91 Å². The maximum absolute atomic E-state index is 12.2. The summed E-state index contributed by atoms with van der Waals surface area (Å²) in [5, 5.41) is 13.8. The third-order valence-electron chi connectivity index (χ3n) is 5.21. The standard InChI is InChI=1S/C15H22BrNO.C12H9ClN2O3/c1-14(2,3)12(16)13(18)17-15(4,5)11-9-7-6-8-10-11;13-11-10(18-8-4-2-1-3-5-8)7-6-9(12(11)14)15(16)17/h6-10,12H,1-5H3,(H,17,18);1-7H,14H2. The second-order valence-electron chi connectivity index (χ2n) is 9.69. The largest absolute Gasteiger partial charge is 0.456 e. The summed E-state index contributed by atoms with van der Waals surface area (Å²) in [4.78, 5) is 22.1. The van der Waals surface area contributed by atoms with Crippen molar-refractivity contribution in [1.82, 2.24) is 5.32 Å². The molecule has 0 heterocycles. The van der Waals surface area contributed by atoms with E-state index in [-0.39, 0.29) is 43.8 Å². The molecule has 3 rings (SSSR count). The number of carbonyl (C=O) groups is 1. The highest BCUT2D eigenvalue weighted by atomic mass is 79.9. The number of alkyl halides is 1. The van der Waals surface area contributed by atoms with Crippen LogP contribution in [0.15, 0.2) is 72.8 Å². The molecule has 36 heavy (non-hydrogen) atoms. The lowest BCUT2D eigenvalue weighted by Gasteiger charge is -2.31. The molecule has 192 valence electrons. The number of nitro benzene ring substituents is 1. The van der Waals surface area contributed by atoms with Crippen molar-refractivity contribution < 1.29 is 14.5 Å². The number of anilines is 1. The van der Waals surface area contributed by atoms with Gasteiger partial charge in [-0.3, -0.25) is 14.9 Å². The number of rotatable bonds is 6. The van der Waals surface area contributed by atoms with E-state index >= 15 is 0 Å². The summed E-state index contributed by atoms with van der Waals surface area (Å²) in [6.07, 6.45) is 0. The second-order valence-corrected chi connectivity index (χ2v) is 11.0. The van der Waals surface area contributed by atoms with Crippen molar-refractivity contribution in [1.29, 1.82) is 0 Å². The highest BCUT2D eigenvalue weighted by Gasteiger charge is 2.32. The molecule has 3 N–H and O–H groups in total. The van der Waals surface area contributed by atoms with Gasteiger partial charge in [-0.25, -0.2) is 0 Å². The third kappa shape index (κ3) is 7.96. The summed E-state index contributed by atoms with van der Waals surface area (Å²) in [6.45, 7) is 10.2. The van der Waals surface area contributed by atoms with Gasteiger partial charge < -0.3 is 15.8 Å². The number of nitrogens with two attached hydrogens (primary N) is 1. The maximum atomic E-state index is 12.2. The fraction of sp³-hybridized carbons (Fsp3) is 0.296. The Kier molecular flexibility index (Phi) is 9.90. The van der Waals surface area contributed by atoms with Crippen LogP contribution in [0, 0.1) is 15.5 Å². The average molecular weight is 577 g/mol. The average Bonchev–Trinajstić information content (AvgIpc) is 2.82. The van der Waals surface area contributed by atoms with E-state index in [0.717, 1.165) is 5.56 Å². The number of halogens is 2. The van der Waals surface area contributed by atoms with E-state index in [4.69, 9.17) is 22.1 Å². The highest BCUT2D eigenvalue weighted by molar-refractivity contribution is 9.10. The lowest BCUT2D eigenvalue weighted by molar-refractivity contribution is -0.383. The van der Waals surface area contributed by atoms with Gasteiger partial charge in [-0.05, 0) is 43.0 Å². The summed E-state index contributed by atoms with van der Waals surface area (Å²) in [6, 6.07) is 21.6. The predicted octanol–water partition coefficient (Wildman–Crippen LogP) is 7.47. The number of nitrogens with one attached hydrogen (secondary N) is 1. The molecule has 0 aromatic heterocycles. The first-order chi connectivity index (χ1) is 16.7. The number of benzene rings is 3. The van der Waals surface area contributed by atoms with Crippen LogP contribution in [-0.4, -0.2) is 15.7 Å². The van der Waals surface area contributed by atoms with Gasteiger partial charge in [0, 0.05) is 6.07 Å². The monoisotopic (exact) mass is 575 g/mol. The molecule has 1 atom stereocenters. The highest BCUT2D eigenvalue weighted by Crippen LogP contribution is 2.38. The van der Waals surface area contributed by atoms with E-state index in [9.17, 15) is 14.9 Å². The molecule has 0 saturated carbocycles. The van der Waals surface area contributed by atoms with Crippen LogP contribution < -0.4 is 15.8 Å². The maximum Gasteiger partial charge on any atom is 0.293 e. The molecular weight excluding hydrogens is 546 g/mol. The molecule has 0 aliphatic rings. The first kappa shape index (κ1) is 29.1. The van der Waals surface area contributed by atoms with Crippen molar-refractivity contribution in [2.24, 2.45) is 5.41 Å². The van der Waals surface area contributed by atoms with Crippen molar-refractivity contribution in [2.75, 3.05) is 5.73 Å². The van der Waals surface area contributed by atoms with Crippen LogP contribution in [0.1, 0.15) is 40.2 Å². The Bertz CT molecular complexity index is 1180. The number of carbonyl (C=O) groups excluding carboxylic acids is 1. The number of hydrogen-bond donors (Lipinski definition) is 2. The van der Waals surface area contributed by atoms with Crippen molar-refractivity contribution >= 4 is 44.8 Å². The fourth-order valence-corrected chi connectivity index (χ4v) is 3.42. The number of nitro groups is 1. The number of para-hydroxylation sites is 1. The van der Waals surface area contributed by atoms with Crippen molar-refractivity contribution in [3.05, 3.63) is 93.5 Å². The molecule has 1 unspecified atom stereocenters. The topological polar surface area (TPSA) is 107 Å². The number of nitrogen functional groups attached to an aromatic ring is 1. The Morgan fingerprint density at radius 1 is 1.00 bits per heavy atom. The van der Waals surface area contributed by atoms with Crippen LogP contribution in [0.4, 0.5) is 11.4 Å². The van der Waals surface area contributed by atoms with Crippen LogP contribution >= 0.6 is 27.5 Å². The van der Waals surface area contributed by atoms with Gasteiger partial charge in [0.25, 0.3) is 5.69 Å². The lowest BCUT2D eigenvalue weighted by atomic mass is 9.89. The molecule has 0 spiro atoms. The Morgan fingerprint density at radius 2 is 1.53 bits per heavy atom. The van der Waals surface area contributed by atoms with Gasteiger partial charge >= 0.3 is 0 Å².